The smallest absolute Gasteiger partial charge is 0.420 e. The standard InChI is InChI=1S/C24H25ClF3N3O3/c1-12(2)14-10-15-17(25)19(34-18(15)16(11-14)24(26,27)28)20(32)29-23-7-4-22(5-8-23,6-9-23)21-31-30-13(3)33-21/h10-12H,4-9H2,1-3H3,(H,29,32). The molecule has 2 aromatic heterocycles. The minimum absolute atomic E-state index is 0.0980. The van der Waals surface area contributed by atoms with E-state index in [1.54, 1.807) is 26.8 Å². The van der Waals surface area contributed by atoms with Crippen molar-refractivity contribution in [1.82, 2.24) is 15.5 Å². The molecule has 1 N–H and O–H groups in total. The molecule has 34 heavy (non-hydrogen) atoms. The van der Waals surface area contributed by atoms with E-state index in [0.717, 1.165) is 25.3 Å². The zero-order chi connectivity index (χ0) is 24.5. The number of aromatic nitrogens is 2. The molecule has 3 aliphatic rings. The van der Waals surface area contributed by atoms with Gasteiger partial charge in [-0.2, -0.15) is 13.2 Å². The SMILES string of the molecule is Cc1nnc(C23CCC(NC(=O)c4oc5c(C(F)(F)F)cc(C(C)C)cc5c4Cl)(CC2)CC3)o1. The molecule has 182 valence electrons. The summed E-state index contributed by atoms with van der Waals surface area (Å²) in [6, 6.07) is 2.63. The van der Waals surface area contributed by atoms with Crippen molar-refractivity contribution < 1.29 is 26.8 Å². The van der Waals surface area contributed by atoms with Gasteiger partial charge in [-0.25, -0.2) is 0 Å². The summed E-state index contributed by atoms with van der Waals surface area (Å²) in [5.41, 5.74) is -1.52. The maximum absolute atomic E-state index is 13.8. The molecule has 2 bridgehead atoms. The predicted molar refractivity (Wildman–Crippen MR) is 119 cm³/mol. The number of carbonyl (C=O) groups is 1. The van der Waals surface area contributed by atoms with Gasteiger partial charge < -0.3 is 14.2 Å². The van der Waals surface area contributed by atoms with Crippen LogP contribution in [0.15, 0.2) is 21.0 Å². The molecule has 3 aromatic rings. The van der Waals surface area contributed by atoms with Gasteiger partial charge in [0.1, 0.15) is 5.58 Å². The molecule has 6 rings (SSSR count). The van der Waals surface area contributed by atoms with E-state index in [9.17, 15) is 18.0 Å². The zero-order valence-corrected chi connectivity index (χ0v) is 19.9. The fourth-order valence-corrected chi connectivity index (χ4v) is 5.65. The van der Waals surface area contributed by atoms with Gasteiger partial charge in [-0.05, 0) is 62.1 Å². The molecule has 0 spiro atoms. The van der Waals surface area contributed by atoms with Crippen LogP contribution in [-0.4, -0.2) is 21.6 Å². The first-order valence-electron chi connectivity index (χ1n) is 11.4. The maximum atomic E-state index is 13.8. The first-order valence-corrected chi connectivity index (χ1v) is 11.8. The van der Waals surface area contributed by atoms with Gasteiger partial charge >= 0.3 is 6.18 Å². The van der Waals surface area contributed by atoms with Crippen molar-refractivity contribution in [3.05, 3.63) is 45.8 Å². The van der Waals surface area contributed by atoms with Crippen LogP contribution in [0.3, 0.4) is 0 Å². The van der Waals surface area contributed by atoms with Crippen molar-refractivity contribution in [2.75, 3.05) is 0 Å². The number of hydrogen-bond donors (Lipinski definition) is 1. The Bertz CT molecular complexity index is 1250. The molecule has 3 aliphatic carbocycles. The quantitative estimate of drug-likeness (QED) is 0.436. The van der Waals surface area contributed by atoms with Crippen LogP contribution in [0.4, 0.5) is 13.2 Å². The third kappa shape index (κ3) is 3.68. The minimum Gasteiger partial charge on any atom is -0.449 e. The molecule has 0 atom stereocenters. The molecule has 6 nitrogen and oxygen atoms in total. The van der Waals surface area contributed by atoms with E-state index in [0.29, 0.717) is 36.6 Å². The molecule has 1 amide bonds. The second-order valence-corrected chi connectivity index (χ2v) is 10.4. The van der Waals surface area contributed by atoms with Crippen LogP contribution in [0.25, 0.3) is 11.0 Å². The average molecular weight is 496 g/mol. The second kappa shape index (κ2) is 7.73. The molecule has 0 saturated heterocycles. The monoisotopic (exact) mass is 495 g/mol. The molecule has 0 aliphatic heterocycles. The summed E-state index contributed by atoms with van der Waals surface area (Å²) in [5.74, 6) is 0.139. The number of furan rings is 1. The molecule has 10 heteroatoms. The number of halogens is 4. The van der Waals surface area contributed by atoms with Crippen molar-refractivity contribution >= 4 is 28.5 Å². The first-order chi connectivity index (χ1) is 15.9. The zero-order valence-electron chi connectivity index (χ0n) is 19.1. The molecule has 3 fully saturated rings. The van der Waals surface area contributed by atoms with Crippen molar-refractivity contribution in [3.63, 3.8) is 0 Å². The predicted octanol–water partition coefficient (Wildman–Crippen LogP) is 6.69. The van der Waals surface area contributed by atoms with E-state index in [2.05, 4.69) is 15.5 Å². The fraction of sp³-hybridized carbons (Fsp3) is 0.542. The van der Waals surface area contributed by atoms with Gasteiger partial charge in [0.05, 0.1) is 10.6 Å². The molecule has 1 aromatic carbocycles. The summed E-state index contributed by atoms with van der Waals surface area (Å²) in [6.07, 6.45) is -0.216. The first kappa shape index (κ1) is 23.2. The van der Waals surface area contributed by atoms with Gasteiger partial charge in [0.25, 0.3) is 5.91 Å². The Hall–Kier alpha value is -2.55. The summed E-state index contributed by atoms with van der Waals surface area (Å²) in [6.45, 7) is 5.35. The molecule has 2 heterocycles. The van der Waals surface area contributed by atoms with E-state index in [4.69, 9.17) is 20.4 Å². The summed E-state index contributed by atoms with van der Waals surface area (Å²) in [5, 5.41) is 11.2. The minimum atomic E-state index is -4.64. The molecule has 0 unspecified atom stereocenters. The highest BCUT2D eigenvalue weighted by atomic mass is 35.5. The number of rotatable bonds is 4. The molecule has 3 saturated carbocycles. The van der Waals surface area contributed by atoms with E-state index < -0.39 is 28.8 Å². The lowest BCUT2D eigenvalue weighted by Gasteiger charge is -2.51. The third-order valence-corrected chi connectivity index (χ3v) is 7.91. The maximum Gasteiger partial charge on any atom is 0.420 e. The van der Waals surface area contributed by atoms with Gasteiger partial charge in [0.15, 0.2) is 0 Å². The van der Waals surface area contributed by atoms with Crippen LogP contribution in [-0.2, 0) is 11.6 Å². The number of nitrogens with one attached hydrogen (secondary N) is 1. The van der Waals surface area contributed by atoms with Crippen LogP contribution < -0.4 is 5.32 Å². The third-order valence-electron chi connectivity index (χ3n) is 7.53. The average Bonchev–Trinajstić information content (AvgIpc) is 3.37. The highest BCUT2D eigenvalue weighted by Crippen LogP contribution is 2.53. The molecule has 0 radical (unpaired) electrons. The largest absolute Gasteiger partial charge is 0.449 e. The lowest BCUT2D eigenvalue weighted by atomic mass is 9.57. The highest BCUT2D eigenvalue weighted by Gasteiger charge is 2.53. The van der Waals surface area contributed by atoms with Gasteiger partial charge in [-0.3, -0.25) is 4.79 Å². The number of fused-ring (bicyclic) bond motifs is 4. The second-order valence-electron chi connectivity index (χ2n) is 9.98. The van der Waals surface area contributed by atoms with Crippen molar-refractivity contribution in [2.24, 2.45) is 0 Å². The van der Waals surface area contributed by atoms with E-state index in [1.165, 1.54) is 0 Å². The Morgan fingerprint density at radius 3 is 2.26 bits per heavy atom. The molecular formula is C24H25ClF3N3O3. The van der Waals surface area contributed by atoms with E-state index in [-0.39, 0.29) is 27.5 Å². The summed E-state index contributed by atoms with van der Waals surface area (Å²) >= 11 is 6.42. The van der Waals surface area contributed by atoms with Crippen LogP contribution in [0.1, 0.15) is 91.8 Å². The fourth-order valence-electron chi connectivity index (χ4n) is 5.39. The van der Waals surface area contributed by atoms with Crippen LogP contribution in [0.5, 0.6) is 0 Å². The Morgan fingerprint density at radius 1 is 1.09 bits per heavy atom. The van der Waals surface area contributed by atoms with Crippen molar-refractivity contribution in [3.8, 4) is 0 Å². The number of alkyl halides is 3. The number of carbonyl (C=O) groups excluding carboxylic acids is 1. The van der Waals surface area contributed by atoms with Gasteiger partial charge in [0.2, 0.25) is 17.5 Å². The molecular weight excluding hydrogens is 471 g/mol. The van der Waals surface area contributed by atoms with Crippen LogP contribution in [0, 0.1) is 6.92 Å². The highest BCUT2D eigenvalue weighted by molar-refractivity contribution is 6.38. The Labute approximate surface area is 199 Å². The van der Waals surface area contributed by atoms with Gasteiger partial charge in [-0.15, -0.1) is 10.2 Å². The number of amides is 1. The number of hydrogen-bond acceptors (Lipinski definition) is 5. The lowest BCUT2D eigenvalue weighted by Crippen LogP contribution is -2.57. The van der Waals surface area contributed by atoms with Crippen molar-refractivity contribution in [1.29, 1.82) is 0 Å². The van der Waals surface area contributed by atoms with E-state index >= 15 is 0 Å². The normalized spacial score (nSPS) is 24.8. The van der Waals surface area contributed by atoms with E-state index in [1.807, 2.05) is 0 Å². The number of benzene rings is 1. The summed E-state index contributed by atoms with van der Waals surface area (Å²) in [7, 11) is 0. The Morgan fingerprint density at radius 2 is 1.74 bits per heavy atom. The lowest BCUT2D eigenvalue weighted by molar-refractivity contribution is -0.136. The number of nitrogens with zero attached hydrogens (tertiary/aromatic N) is 2. The van der Waals surface area contributed by atoms with Crippen LogP contribution >= 0.6 is 11.6 Å². The van der Waals surface area contributed by atoms with Crippen molar-refractivity contribution in [2.45, 2.75) is 82.3 Å². The summed E-state index contributed by atoms with van der Waals surface area (Å²) in [4.78, 5) is 13.2. The Kier molecular flexibility index (Phi) is 5.28. The van der Waals surface area contributed by atoms with Crippen LogP contribution in [0.2, 0.25) is 5.02 Å². The topological polar surface area (TPSA) is 81.2 Å². The summed E-state index contributed by atoms with van der Waals surface area (Å²) < 4.78 is 52.5. The number of aryl methyl sites for hydroxylation is 1. The van der Waals surface area contributed by atoms with Gasteiger partial charge in [0, 0.05) is 23.3 Å². The Balaban J connectivity index is 1.43. The van der Waals surface area contributed by atoms with Gasteiger partial charge in [-0.1, -0.05) is 25.4 Å².